The fourth-order valence-electron chi connectivity index (χ4n) is 1.09. The highest BCUT2D eigenvalue weighted by molar-refractivity contribution is 9.10. The van der Waals surface area contributed by atoms with Crippen LogP contribution in [-0.2, 0) is 5.88 Å². The van der Waals surface area contributed by atoms with Crippen molar-refractivity contribution in [3.63, 3.8) is 0 Å². The summed E-state index contributed by atoms with van der Waals surface area (Å²) in [6, 6.07) is 0. The molecule has 1 heterocycles. The first-order valence-electron chi connectivity index (χ1n) is 3.73. The number of alkyl halides is 3. The van der Waals surface area contributed by atoms with Crippen LogP contribution in [0.4, 0.5) is 8.78 Å². The van der Waals surface area contributed by atoms with Crippen LogP contribution in [0.1, 0.15) is 27.9 Å². The minimum absolute atomic E-state index is 0.0574. The Kier molecular flexibility index (Phi) is 3.98. The fraction of sp³-hybridized carbons (Fsp3) is 0.250. The molecule has 0 aliphatic rings. The van der Waals surface area contributed by atoms with E-state index in [4.69, 9.17) is 16.7 Å². The molecule has 82 valence electrons. The van der Waals surface area contributed by atoms with Gasteiger partial charge in [-0.25, -0.2) is 18.6 Å². The number of halogens is 4. The monoisotopic (exact) mass is 299 g/mol. The number of nitrogens with zero attached hydrogens (tertiary/aromatic N) is 1. The van der Waals surface area contributed by atoms with Gasteiger partial charge in [0.2, 0.25) is 0 Å². The first kappa shape index (κ1) is 12.3. The normalized spacial score (nSPS) is 10.7. The Balaban J connectivity index is 3.49. The van der Waals surface area contributed by atoms with Gasteiger partial charge < -0.3 is 5.11 Å². The van der Waals surface area contributed by atoms with Crippen LogP contribution in [0.15, 0.2) is 10.8 Å². The summed E-state index contributed by atoms with van der Waals surface area (Å²) in [5.74, 6) is -1.64. The predicted molar refractivity (Wildman–Crippen MR) is 53.4 cm³/mol. The fourth-order valence-corrected chi connectivity index (χ4v) is 1.95. The summed E-state index contributed by atoms with van der Waals surface area (Å²) in [5, 5.41) is 8.81. The number of rotatable bonds is 3. The van der Waals surface area contributed by atoms with Gasteiger partial charge in [0.15, 0.2) is 0 Å². The average Bonchev–Trinajstić information content (AvgIpc) is 2.16. The largest absolute Gasteiger partial charge is 0.478 e. The molecule has 0 aliphatic carbocycles. The summed E-state index contributed by atoms with van der Waals surface area (Å²) in [5.41, 5.74) is -1.05. The van der Waals surface area contributed by atoms with E-state index in [1.54, 1.807) is 0 Å². The molecule has 7 heteroatoms. The molecule has 0 fully saturated rings. The van der Waals surface area contributed by atoms with Gasteiger partial charge in [-0.15, -0.1) is 11.6 Å². The number of pyridine rings is 1. The lowest BCUT2D eigenvalue weighted by molar-refractivity contribution is 0.0683. The molecule has 1 aromatic rings. The Morgan fingerprint density at radius 2 is 2.27 bits per heavy atom. The van der Waals surface area contributed by atoms with Crippen LogP contribution >= 0.6 is 27.5 Å². The maximum absolute atomic E-state index is 12.5. The van der Waals surface area contributed by atoms with Crippen LogP contribution in [-0.4, -0.2) is 16.1 Å². The molecule has 1 rings (SSSR count). The quantitative estimate of drug-likeness (QED) is 0.689. The Morgan fingerprint density at radius 3 is 2.67 bits per heavy atom. The zero-order chi connectivity index (χ0) is 11.6. The Hall–Kier alpha value is -0.750. The molecule has 0 aliphatic heterocycles. The van der Waals surface area contributed by atoms with Gasteiger partial charge in [-0.05, 0) is 15.9 Å². The lowest BCUT2D eigenvalue weighted by Crippen LogP contribution is -2.09. The molecule has 0 aromatic carbocycles. The average molecular weight is 300 g/mol. The summed E-state index contributed by atoms with van der Waals surface area (Å²) in [7, 11) is 0. The Morgan fingerprint density at radius 1 is 1.67 bits per heavy atom. The minimum Gasteiger partial charge on any atom is -0.478 e. The Bertz CT molecular complexity index is 400. The lowest BCUT2D eigenvalue weighted by atomic mass is 10.1. The molecule has 0 spiro atoms. The van der Waals surface area contributed by atoms with Crippen molar-refractivity contribution in [2.75, 3.05) is 0 Å². The van der Waals surface area contributed by atoms with Gasteiger partial charge in [-0.3, -0.25) is 0 Å². The number of aromatic carboxylic acids is 1. The van der Waals surface area contributed by atoms with Crippen molar-refractivity contribution < 1.29 is 18.7 Å². The maximum Gasteiger partial charge on any atom is 0.336 e. The number of hydrogen-bond acceptors (Lipinski definition) is 2. The molecule has 1 N–H and O–H groups in total. The Labute approximate surface area is 97.2 Å². The van der Waals surface area contributed by atoms with E-state index >= 15 is 0 Å². The second-order valence-corrected chi connectivity index (χ2v) is 3.62. The number of carboxylic acids is 1. The minimum atomic E-state index is -2.89. The number of carboxylic acid groups (broad SMARTS) is 1. The molecule has 1 aromatic heterocycles. The van der Waals surface area contributed by atoms with Gasteiger partial charge in [0, 0.05) is 11.8 Å². The molecule has 0 radical (unpaired) electrons. The van der Waals surface area contributed by atoms with E-state index in [1.165, 1.54) is 0 Å². The van der Waals surface area contributed by atoms with Gasteiger partial charge in [-0.2, -0.15) is 0 Å². The van der Waals surface area contributed by atoms with Crippen molar-refractivity contribution in [1.29, 1.82) is 0 Å². The zero-order valence-electron chi connectivity index (χ0n) is 7.18. The van der Waals surface area contributed by atoms with Crippen LogP contribution in [0.5, 0.6) is 0 Å². The third kappa shape index (κ3) is 2.43. The maximum atomic E-state index is 12.5. The van der Waals surface area contributed by atoms with Crippen LogP contribution in [0.25, 0.3) is 0 Å². The van der Waals surface area contributed by atoms with E-state index in [2.05, 4.69) is 20.9 Å². The molecule has 0 saturated carbocycles. The van der Waals surface area contributed by atoms with Crippen LogP contribution < -0.4 is 0 Å². The van der Waals surface area contributed by atoms with Crippen molar-refractivity contribution in [2.24, 2.45) is 0 Å². The van der Waals surface area contributed by atoms with E-state index in [-0.39, 0.29) is 16.0 Å². The van der Waals surface area contributed by atoms with E-state index < -0.39 is 23.5 Å². The number of aromatic nitrogens is 1. The first-order chi connectivity index (χ1) is 6.99. The van der Waals surface area contributed by atoms with Gasteiger partial charge >= 0.3 is 5.97 Å². The molecule has 0 unspecified atom stereocenters. The van der Waals surface area contributed by atoms with Gasteiger partial charge in [0.05, 0.1) is 17.0 Å². The van der Waals surface area contributed by atoms with E-state index in [0.717, 1.165) is 6.20 Å². The third-order valence-electron chi connectivity index (χ3n) is 1.74. The summed E-state index contributed by atoms with van der Waals surface area (Å²) in [6.07, 6.45) is -2.06. The van der Waals surface area contributed by atoms with Crippen molar-refractivity contribution in [3.8, 4) is 0 Å². The molecule has 0 atom stereocenters. The summed E-state index contributed by atoms with van der Waals surface area (Å²) < 4.78 is 25.1. The highest BCUT2D eigenvalue weighted by Crippen LogP contribution is 2.29. The van der Waals surface area contributed by atoms with Gasteiger partial charge in [0.25, 0.3) is 6.43 Å². The SMILES string of the molecule is O=C(O)c1c(C(F)F)cnc(Br)c1CCl. The van der Waals surface area contributed by atoms with Crippen LogP contribution in [0.3, 0.4) is 0 Å². The third-order valence-corrected chi connectivity index (χ3v) is 2.69. The van der Waals surface area contributed by atoms with E-state index in [9.17, 15) is 13.6 Å². The summed E-state index contributed by atoms with van der Waals surface area (Å²) in [4.78, 5) is 14.4. The summed E-state index contributed by atoms with van der Waals surface area (Å²) >= 11 is 8.43. The van der Waals surface area contributed by atoms with Crippen LogP contribution in [0, 0.1) is 0 Å². The molecule has 0 bridgehead atoms. The molecule has 0 saturated heterocycles. The van der Waals surface area contributed by atoms with Crippen molar-refractivity contribution in [2.45, 2.75) is 12.3 Å². The van der Waals surface area contributed by atoms with Crippen LogP contribution in [0.2, 0.25) is 0 Å². The van der Waals surface area contributed by atoms with Crippen molar-refractivity contribution >= 4 is 33.5 Å². The second kappa shape index (κ2) is 4.85. The van der Waals surface area contributed by atoms with E-state index in [0.29, 0.717) is 0 Å². The number of carbonyl (C=O) groups is 1. The number of hydrogen-bond donors (Lipinski definition) is 1. The molecule has 0 amide bonds. The van der Waals surface area contributed by atoms with Crippen molar-refractivity contribution in [1.82, 2.24) is 4.98 Å². The highest BCUT2D eigenvalue weighted by Gasteiger charge is 2.23. The van der Waals surface area contributed by atoms with E-state index in [1.807, 2.05) is 0 Å². The zero-order valence-corrected chi connectivity index (χ0v) is 9.52. The van der Waals surface area contributed by atoms with Gasteiger partial charge in [0.1, 0.15) is 4.60 Å². The molecular weight excluding hydrogens is 295 g/mol. The molecular formula is C8H5BrClF2NO2. The second-order valence-electron chi connectivity index (χ2n) is 2.60. The standard InChI is InChI=1S/C8H5BrClF2NO2/c9-6-3(1-10)5(8(14)15)4(2-13-6)7(11)12/h2,7H,1H2,(H,14,15). The topological polar surface area (TPSA) is 50.2 Å². The first-order valence-corrected chi connectivity index (χ1v) is 5.06. The smallest absolute Gasteiger partial charge is 0.336 e. The highest BCUT2D eigenvalue weighted by atomic mass is 79.9. The summed E-state index contributed by atoms with van der Waals surface area (Å²) in [6.45, 7) is 0. The molecule has 3 nitrogen and oxygen atoms in total. The van der Waals surface area contributed by atoms with Crippen molar-refractivity contribution in [3.05, 3.63) is 27.5 Å². The lowest BCUT2D eigenvalue weighted by Gasteiger charge is -2.09. The van der Waals surface area contributed by atoms with Gasteiger partial charge in [-0.1, -0.05) is 0 Å². The predicted octanol–water partition coefficient (Wildman–Crippen LogP) is 3.22. The molecule has 15 heavy (non-hydrogen) atoms.